The summed E-state index contributed by atoms with van der Waals surface area (Å²) in [7, 11) is 1.71. The van der Waals surface area contributed by atoms with E-state index in [0.29, 0.717) is 8.95 Å². The average Bonchev–Trinajstić information content (AvgIpc) is 3.10. The van der Waals surface area contributed by atoms with Gasteiger partial charge in [0.05, 0.1) is 27.4 Å². The van der Waals surface area contributed by atoms with Crippen molar-refractivity contribution in [2.24, 2.45) is 5.92 Å². The number of likely N-dealkylation sites (tertiary alicyclic amines) is 1. The molecule has 4 rings (SSSR count). The van der Waals surface area contributed by atoms with E-state index >= 15 is 0 Å². The van der Waals surface area contributed by atoms with E-state index in [1.807, 2.05) is 30.3 Å². The number of carbonyl (C=O) groups is 2. The van der Waals surface area contributed by atoms with E-state index in [9.17, 15) is 14.7 Å². The number of phenolic OH excluding ortho intramolecular Hbond substituents is 1. The Bertz CT molecular complexity index is 898. The summed E-state index contributed by atoms with van der Waals surface area (Å²) >= 11 is 6.64. The maximum absolute atomic E-state index is 13.1. The third-order valence-electron chi connectivity index (χ3n) is 4.96. The van der Waals surface area contributed by atoms with Crippen LogP contribution in [-0.2, 0) is 21.0 Å². The molecule has 2 saturated heterocycles. The van der Waals surface area contributed by atoms with Gasteiger partial charge in [0.2, 0.25) is 5.91 Å². The van der Waals surface area contributed by atoms with Gasteiger partial charge < -0.3 is 5.11 Å². The van der Waals surface area contributed by atoms with Gasteiger partial charge in [0.15, 0.2) is 6.10 Å². The predicted molar refractivity (Wildman–Crippen MR) is 104 cm³/mol. The molecule has 0 radical (unpaired) electrons. The summed E-state index contributed by atoms with van der Waals surface area (Å²) in [5.41, 5.74) is 1.66. The highest BCUT2D eigenvalue weighted by Gasteiger charge is 2.58. The van der Waals surface area contributed by atoms with Gasteiger partial charge in [0, 0.05) is 7.05 Å². The van der Waals surface area contributed by atoms with Crippen LogP contribution in [0.2, 0.25) is 0 Å². The number of phenols is 1. The number of halogens is 2. The minimum atomic E-state index is -0.831. The molecule has 2 aromatic rings. The van der Waals surface area contributed by atoms with Crippen molar-refractivity contribution in [3.63, 3.8) is 0 Å². The lowest BCUT2D eigenvalue weighted by Crippen LogP contribution is -2.35. The van der Waals surface area contributed by atoms with Crippen LogP contribution >= 0.6 is 31.9 Å². The number of rotatable bonds is 3. The van der Waals surface area contributed by atoms with Gasteiger partial charge in [-0.25, -0.2) is 0 Å². The average molecular weight is 496 g/mol. The Balaban J connectivity index is 1.67. The van der Waals surface area contributed by atoms with Crippen LogP contribution in [0.4, 0.5) is 0 Å². The Labute approximate surface area is 172 Å². The first-order valence-electron chi connectivity index (χ1n) is 8.35. The van der Waals surface area contributed by atoms with E-state index in [2.05, 4.69) is 31.9 Å². The Morgan fingerprint density at radius 2 is 1.70 bits per heavy atom. The van der Waals surface area contributed by atoms with Gasteiger partial charge in [0.25, 0.3) is 5.91 Å². The number of nitrogens with zero attached hydrogens (tertiary/aromatic N) is 2. The highest BCUT2D eigenvalue weighted by atomic mass is 79.9. The largest absolute Gasteiger partial charge is 0.506 e. The molecular weight excluding hydrogens is 480 g/mol. The molecule has 0 bridgehead atoms. The molecule has 140 valence electrons. The number of hydrogen-bond acceptors (Lipinski definition) is 5. The lowest BCUT2D eigenvalue weighted by atomic mass is 9.91. The van der Waals surface area contributed by atoms with E-state index in [0.717, 1.165) is 11.1 Å². The molecule has 2 amide bonds. The van der Waals surface area contributed by atoms with Crippen molar-refractivity contribution in [2.75, 3.05) is 7.05 Å². The molecular formula is C19H16Br2N2O4. The summed E-state index contributed by atoms with van der Waals surface area (Å²) in [5, 5.41) is 11.5. The van der Waals surface area contributed by atoms with E-state index in [1.54, 1.807) is 24.2 Å². The second kappa shape index (κ2) is 7.01. The van der Waals surface area contributed by atoms with Crippen molar-refractivity contribution in [2.45, 2.75) is 18.7 Å². The standard InChI is InChI=1S/C19H16Br2N2O4/c1-22-15(11-7-12(20)16(24)13(21)8-11)14-17(27-22)19(26)23(18(14)25)9-10-5-3-2-4-6-10/h2-8,14-15,17,24H,9H2,1H3. The summed E-state index contributed by atoms with van der Waals surface area (Å²) in [6, 6.07) is 12.5. The summed E-state index contributed by atoms with van der Waals surface area (Å²) in [6.07, 6.45) is -0.831. The molecule has 2 aromatic carbocycles. The van der Waals surface area contributed by atoms with E-state index < -0.39 is 18.1 Å². The first-order valence-corrected chi connectivity index (χ1v) is 9.93. The Morgan fingerprint density at radius 1 is 1.07 bits per heavy atom. The molecule has 2 fully saturated rings. The quantitative estimate of drug-likeness (QED) is 0.661. The third kappa shape index (κ3) is 3.10. The Kier molecular flexibility index (Phi) is 4.84. The second-order valence-electron chi connectivity index (χ2n) is 6.62. The molecule has 3 unspecified atom stereocenters. The first-order chi connectivity index (χ1) is 12.9. The highest BCUT2D eigenvalue weighted by Crippen LogP contribution is 2.46. The zero-order chi connectivity index (χ0) is 19.3. The van der Waals surface area contributed by atoms with Crippen molar-refractivity contribution in [1.29, 1.82) is 0 Å². The number of aromatic hydroxyl groups is 1. The molecule has 6 nitrogen and oxygen atoms in total. The number of imide groups is 1. The zero-order valence-electron chi connectivity index (χ0n) is 14.3. The Hall–Kier alpha value is -1.74. The fourth-order valence-corrected chi connectivity index (χ4v) is 4.92. The minimum absolute atomic E-state index is 0.0800. The van der Waals surface area contributed by atoms with Crippen LogP contribution in [0.15, 0.2) is 51.4 Å². The predicted octanol–water partition coefficient (Wildman–Crippen LogP) is 3.39. The van der Waals surface area contributed by atoms with Crippen molar-refractivity contribution >= 4 is 43.7 Å². The molecule has 0 saturated carbocycles. The van der Waals surface area contributed by atoms with Gasteiger partial charge in [-0.3, -0.25) is 19.3 Å². The first kappa shape index (κ1) is 18.6. The van der Waals surface area contributed by atoms with E-state index in [1.165, 1.54) is 4.90 Å². The van der Waals surface area contributed by atoms with Crippen molar-refractivity contribution < 1.29 is 19.5 Å². The number of amides is 2. The maximum atomic E-state index is 13.1. The summed E-state index contributed by atoms with van der Waals surface area (Å²) < 4.78 is 1.00. The molecule has 3 atom stereocenters. The van der Waals surface area contributed by atoms with Crippen LogP contribution in [-0.4, -0.2) is 40.0 Å². The molecule has 27 heavy (non-hydrogen) atoms. The van der Waals surface area contributed by atoms with Gasteiger partial charge in [-0.2, -0.15) is 5.06 Å². The summed E-state index contributed by atoms with van der Waals surface area (Å²) in [5.74, 6) is -1.12. The fraction of sp³-hybridized carbons (Fsp3) is 0.263. The van der Waals surface area contributed by atoms with Gasteiger partial charge in [-0.15, -0.1) is 0 Å². The van der Waals surface area contributed by atoms with Gasteiger partial charge in [-0.1, -0.05) is 30.3 Å². The normalized spacial score (nSPS) is 25.3. The number of hydrogen-bond donors (Lipinski definition) is 1. The SMILES string of the molecule is CN1OC2C(=O)N(Cc3ccccc3)C(=O)C2C1c1cc(Br)c(O)c(Br)c1. The molecule has 0 spiro atoms. The van der Waals surface area contributed by atoms with Gasteiger partial charge in [-0.05, 0) is 55.1 Å². The van der Waals surface area contributed by atoms with Crippen LogP contribution in [0.5, 0.6) is 5.75 Å². The fourth-order valence-electron chi connectivity index (χ4n) is 3.70. The minimum Gasteiger partial charge on any atom is -0.506 e. The third-order valence-corrected chi connectivity index (χ3v) is 6.17. The van der Waals surface area contributed by atoms with Crippen LogP contribution in [0.25, 0.3) is 0 Å². The van der Waals surface area contributed by atoms with Crippen molar-refractivity contribution in [3.05, 3.63) is 62.5 Å². The van der Waals surface area contributed by atoms with Crippen LogP contribution in [0.3, 0.4) is 0 Å². The Morgan fingerprint density at radius 3 is 2.33 bits per heavy atom. The van der Waals surface area contributed by atoms with E-state index in [4.69, 9.17) is 4.84 Å². The van der Waals surface area contributed by atoms with Gasteiger partial charge in [0.1, 0.15) is 5.75 Å². The number of fused-ring (bicyclic) bond motifs is 1. The summed E-state index contributed by atoms with van der Waals surface area (Å²) in [6.45, 7) is 0.230. The molecule has 8 heteroatoms. The number of benzene rings is 2. The molecule has 2 aliphatic rings. The summed E-state index contributed by atoms with van der Waals surface area (Å²) in [4.78, 5) is 32.9. The lowest BCUT2D eigenvalue weighted by molar-refractivity contribution is -0.170. The molecule has 0 aliphatic carbocycles. The number of hydroxylamine groups is 2. The van der Waals surface area contributed by atoms with Crippen molar-refractivity contribution in [3.8, 4) is 5.75 Å². The topological polar surface area (TPSA) is 70.1 Å². The zero-order valence-corrected chi connectivity index (χ0v) is 17.5. The molecule has 2 heterocycles. The monoisotopic (exact) mass is 494 g/mol. The van der Waals surface area contributed by atoms with Crippen LogP contribution in [0.1, 0.15) is 17.2 Å². The van der Waals surface area contributed by atoms with Gasteiger partial charge >= 0.3 is 0 Å². The second-order valence-corrected chi connectivity index (χ2v) is 8.33. The molecule has 1 N–H and O–H groups in total. The van der Waals surface area contributed by atoms with Crippen LogP contribution in [0, 0.1) is 5.92 Å². The molecule has 2 aliphatic heterocycles. The van der Waals surface area contributed by atoms with Crippen molar-refractivity contribution in [1.82, 2.24) is 9.96 Å². The maximum Gasteiger partial charge on any atom is 0.261 e. The lowest BCUT2D eigenvalue weighted by Gasteiger charge is -2.24. The van der Waals surface area contributed by atoms with E-state index in [-0.39, 0.29) is 24.1 Å². The smallest absolute Gasteiger partial charge is 0.261 e. The van der Waals surface area contributed by atoms with Crippen LogP contribution < -0.4 is 0 Å². The number of carbonyl (C=O) groups excluding carboxylic acids is 2. The highest BCUT2D eigenvalue weighted by molar-refractivity contribution is 9.11. The molecule has 0 aromatic heterocycles.